The number of nitrogens with zero attached hydrogens (tertiary/aromatic N) is 4. The topological polar surface area (TPSA) is 91.2 Å². The quantitative estimate of drug-likeness (QED) is 0.551. The zero-order valence-corrected chi connectivity index (χ0v) is 19.7. The van der Waals surface area contributed by atoms with Crippen LogP contribution in [-0.4, -0.2) is 48.9 Å². The minimum Gasteiger partial charge on any atom is -0.465 e. The minimum atomic E-state index is -0.843. The van der Waals surface area contributed by atoms with Crippen LogP contribution in [0.5, 0.6) is 0 Å². The number of amides is 1. The van der Waals surface area contributed by atoms with Gasteiger partial charge in [-0.2, -0.15) is 0 Å². The molecule has 0 aliphatic heterocycles. The van der Waals surface area contributed by atoms with Crippen molar-refractivity contribution in [3.63, 3.8) is 0 Å². The number of hydrogen-bond acceptors (Lipinski definition) is 6. The summed E-state index contributed by atoms with van der Waals surface area (Å²) in [7, 11) is 0. The third kappa shape index (κ3) is 5.21. The van der Waals surface area contributed by atoms with E-state index in [2.05, 4.69) is 34.3 Å². The van der Waals surface area contributed by atoms with Gasteiger partial charge in [-0.05, 0) is 66.4 Å². The van der Waals surface area contributed by atoms with Gasteiger partial charge < -0.3 is 15.3 Å². The Morgan fingerprint density at radius 1 is 1.27 bits per heavy atom. The van der Waals surface area contributed by atoms with Gasteiger partial charge in [-0.1, -0.05) is 22.9 Å². The Kier molecular flexibility index (Phi) is 6.87. The van der Waals surface area contributed by atoms with E-state index in [1.807, 2.05) is 26.8 Å². The van der Waals surface area contributed by atoms with Crippen molar-refractivity contribution < 1.29 is 9.90 Å². The second kappa shape index (κ2) is 9.06. The molecule has 2 N–H and O–H groups in total. The fourth-order valence-electron chi connectivity index (χ4n) is 4.11. The zero-order valence-electron chi connectivity index (χ0n) is 18.1. The Hall–Kier alpha value is -1.93. The minimum absolute atomic E-state index is 0.0495. The van der Waals surface area contributed by atoms with E-state index in [0.717, 1.165) is 46.9 Å². The lowest BCUT2D eigenvalue weighted by atomic mass is 9.84. The summed E-state index contributed by atoms with van der Waals surface area (Å²) in [5.41, 5.74) is 1.40. The summed E-state index contributed by atoms with van der Waals surface area (Å²) < 4.78 is 0. The van der Waals surface area contributed by atoms with E-state index in [0.29, 0.717) is 11.1 Å². The third-order valence-corrected chi connectivity index (χ3v) is 6.65. The largest absolute Gasteiger partial charge is 0.465 e. The number of nitrogens with one attached hydrogen (secondary N) is 1. The standard InChI is InChI=1S/C21H30ClN5O2S/c1-12(2)24-16-10-17(22)23-11-15(16)19-26-25-18(30-19)13-6-8-14(9-7-13)27(20(28)29)21(3,4)5/h10-14H,6-9H2,1-5H3,(H,23,24)(H,28,29)/t13-,14-. The first-order valence-electron chi connectivity index (χ1n) is 10.3. The van der Waals surface area contributed by atoms with Crippen LogP contribution >= 0.6 is 22.9 Å². The molecule has 2 heterocycles. The van der Waals surface area contributed by atoms with Gasteiger partial charge in [0.25, 0.3) is 0 Å². The molecular formula is C21H30ClN5O2S. The molecule has 0 unspecified atom stereocenters. The number of anilines is 1. The van der Waals surface area contributed by atoms with Crippen molar-refractivity contribution in [3.05, 3.63) is 22.4 Å². The summed E-state index contributed by atoms with van der Waals surface area (Å²) in [6.45, 7) is 9.99. The Morgan fingerprint density at radius 3 is 2.50 bits per heavy atom. The van der Waals surface area contributed by atoms with Gasteiger partial charge in [0.05, 0.1) is 5.56 Å². The summed E-state index contributed by atoms with van der Waals surface area (Å²) in [5.74, 6) is 0.310. The summed E-state index contributed by atoms with van der Waals surface area (Å²) in [5, 5.41) is 24.2. The first kappa shape index (κ1) is 22.7. The Balaban J connectivity index is 1.74. The van der Waals surface area contributed by atoms with Crippen LogP contribution in [0.25, 0.3) is 10.6 Å². The monoisotopic (exact) mass is 451 g/mol. The summed E-state index contributed by atoms with van der Waals surface area (Å²) in [6, 6.07) is 2.12. The highest BCUT2D eigenvalue weighted by Gasteiger charge is 2.36. The smallest absolute Gasteiger partial charge is 0.407 e. The molecule has 1 aliphatic rings. The summed E-state index contributed by atoms with van der Waals surface area (Å²) in [6.07, 6.45) is 4.40. The number of carbonyl (C=O) groups is 1. The van der Waals surface area contributed by atoms with E-state index in [1.54, 1.807) is 22.4 Å². The van der Waals surface area contributed by atoms with Gasteiger partial charge in [0.1, 0.15) is 10.2 Å². The first-order valence-corrected chi connectivity index (χ1v) is 11.5. The highest BCUT2D eigenvalue weighted by atomic mass is 35.5. The molecule has 1 saturated carbocycles. The molecule has 2 aromatic heterocycles. The molecule has 0 spiro atoms. The van der Waals surface area contributed by atoms with Crippen molar-refractivity contribution in [1.29, 1.82) is 0 Å². The van der Waals surface area contributed by atoms with Crippen LogP contribution in [-0.2, 0) is 0 Å². The van der Waals surface area contributed by atoms with Crippen LogP contribution in [0.4, 0.5) is 10.5 Å². The molecule has 7 nitrogen and oxygen atoms in total. The number of pyridine rings is 1. The van der Waals surface area contributed by atoms with E-state index >= 15 is 0 Å². The van der Waals surface area contributed by atoms with Gasteiger partial charge in [-0.3, -0.25) is 0 Å². The average molecular weight is 452 g/mol. The fourth-order valence-corrected chi connectivity index (χ4v) is 5.31. The molecule has 1 aliphatic carbocycles. The van der Waals surface area contributed by atoms with Crippen LogP contribution in [0.2, 0.25) is 5.15 Å². The van der Waals surface area contributed by atoms with E-state index in [9.17, 15) is 9.90 Å². The van der Waals surface area contributed by atoms with Crippen molar-refractivity contribution in [2.75, 3.05) is 5.32 Å². The molecule has 1 fully saturated rings. The SMILES string of the molecule is CC(C)Nc1cc(Cl)ncc1-c1nnc([C@H]2CC[C@H](N(C(=O)O)C(C)(C)C)CC2)s1. The third-order valence-electron chi connectivity index (χ3n) is 5.33. The fraction of sp³-hybridized carbons (Fsp3) is 0.619. The zero-order chi connectivity index (χ0) is 22.1. The molecular weight excluding hydrogens is 422 g/mol. The maximum Gasteiger partial charge on any atom is 0.407 e. The molecule has 164 valence electrons. The average Bonchev–Trinajstić information content (AvgIpc) is 3.10. The van der Waals surface area contributed by atoms with Gasteiger partial charge in [-0.15, -0.1) is 10.2 Å². The molecule has 0 bridgehead atoms. The molecule has 3 rings (SSSR count). The highest BCUT2D eigenvalue weighted by molar-refractivity contribution is 7.14. The number of carboxylic acid groups (broad SMARTS) is 1. The van der Waals surface area contributed by atoms with Crippen LogP contribution in [0.1, 0.15) is 71.2 Å². The second-order valence-electron chi connectivity index (χ2n) is 9.13. The van der Waals surface area contributed by atoms with Gasteiger partial charge in [0.15, 0.2) is 5.01 Å². The van der Waals surface area contributed by atoms with Gasteiger partial charge in [0.2, 0.25) is 0 Å². The molecule has 0 atom stereocenters. The molecule has 2 aromatic rings. The summed E-state index contributed by atoms with van der Waals surface area (Å²) in [4.78, 5) is 17.6. The lowest BCUT2D eigenvalue weighted by molar-refractivity contribution is 0.0546. The lowest BCUT2D eigenvalue weighted by Gasteiger charge is -2.42. The predicted molar refractivity (Wildman–Crippen MR) is 122 cm³/mol. The van der Waals surface area contributed by atoms with Crippen molar-refractivity contribution in [2.45, 2.75) is 83.8 Å². The van der Waals surface area contributed by atoms with Gasteiger partial charge in [0, 0.05) is 35.4 Å². The molecule has 0 aromatic carbocycles. The number of aromatic nitrogens is 3. The van der Waals surface area contributed by atoms with Crippen LogP contribution in [0, 0.1) is 0 Å². The van der Waals surface area contributed by atoms with E-state index in [4.69, 9.17) is 11.6 Å². The van der Waals surface area contributed by atoms with E-state index in [1.165, 1.54) is 0 Å². The number of rotatable bonds is 5. The molecule has 1 amide bonds. The van der Waals surface area contributed by atoms with Crippen molar-refractivity contribution >= 4 is 34.7 Å². The Morgan fingerprint density at radius 2 is 1.93 bits per heavy atom. The normalized spacial score (nSPS) is 19.7. The van der Waals surface area contributed by atoms with Crippen LogP contribution < -0.4 is 5.32 Å². The second-order valence-corrected chi connectivity index (χ2v) is 10.5. The van der Waals surface area contributed by atoms with Gasteiger partial charge >= 0.3 is 6.09 Å². The Labute approximate surface area is 186 Å². The highest BCUT2D eigenvalue weighted by Crippen LogP contribution is 2.40. The Bertz CT molecular complexity index is 888. The maximum atomic E-state index is 11.8. The molecule has 0 saturated heterocycles. The first-order chi connectivity index (χ1) is 14.1. The molecule has 30 heavy (non-hydrogen) atoms. The number of hydrogen-bond donors (Lipinski definition) is 2. The molecule has 9 heteroatoms. The van der Waals surface area contributed by atoms with Crippen LogP contribution in [0.15, 0.2) is 12.3 Å². The van der Waals surface area contributed by atoms with Gasteiger partial charge in [-0.25, -0.2) is 9.78 Å². The maximum absolute atomic E-state index is 11.8. The van der Waals surface area contributed by atoms with E-state index in [-0.39, 0.29) is 12.1 Å². The number of halogens is 1. The van der Waals surface area contributed by atoms with Crippen molar-refractivity contribution in [2.24, 2.45) is 0 Å². The van der Waals surface area contributed by atoms with E-state index < -0.39 is 11.6 Å². The van der Waals surface area contributed by atoms with Crippen molar-refractivity contribution in [3.8, 4) is 10.6 Å². The lowest BCUT2D eigenvalue weighted by Crippen LogP contribution is -2.52. The van der Waals surface area contributed by atoms with Crippen molar-refractivity contribution in [1.82, 2.24) is 20.1 Å². The molecule has 0 radical (unpaired) electrons. The van der Waals surface area contributed by atoms with Crippen LogP contribution in [0.3, 0.4) is 0 Å². The predicted octanol–water partition coefficient (Wildman–Crippen LogP) is 5.88. The summed E-state index contributed by atoms with van der Waals surface area (Å²) >= 11 is 7.66.